The number of nitrogens with zero attached hydrogens (tertiary/aromatic N) is 1. The lowest BCUT2D eigenvalue weighted by atomic mass is 10.1. The first-order valence-electron chi connectivity index (χ1n) is 7.46. The molecular weight excluding hydrogens is 365 g/mol. The molecule has 1 amide bonds. The Morgan fingerprint density at radius 2 is 1.73 bits per heavy atom. The normalized spacial score (nSPS) is 17.6. The minimum atomic E-state index is -4.39. The van der Waals surface area contributed by atoms with Crippen molar-refractivity contribution in [2.45, 2.75) is 6.18 Å². The number of halogens is 3. The van der Waals surface area contributed by atoms with Crippen LogP contribution in [0.15, 0.2) is 58.4 Å². The maximum atomic E-state index is 12.6. The molecule has 8 heteroatoms. The number of ether oxygens (including phenoxy) is 1. The number of amides is 1. The van der Waals surface area contributed by atoms with Crippen molar-refractivity contribution in [3.63, 3.8) is 0 Å². The minimum absolute atomic E-state index is 0.345. The fraction of sp³-hybridized carbons (Fsp3) is 0.111. The van der Waals surface area contributed by atoms with Crippen LogP contribution in [0.3, 0.4) is 0 Å². The first-order chi connectivity index (χ1) is 12.3. The van der Waals surface area contributed by atoms with Crippen LogP contribution in [0.4, 0.5) is 18.9 Å². The van der Waals surface area contributed by atoms with Gasteiger partial charge in [-0.15, -0.1) is 0 Å². The van der Waals surface area contributed by atoms with E-state index in [1.807, 2.05) is 0 Å². The lowest BCUT2D eigenvalue weighted by Crippen LogP contribution is -2.19. The van der Waals surface area contributed by atoms with E-state index in [0.29, 0.717) is 27.1 Å². The predicted molar refractivity (Wildman–Crippen MR) is 95.2 cm³/mol. The monoisotopic (exact) mass is 378 g/mol. The van der Waals surface area contributed by atoms with Gasteiger partial charge in [-0.2, -0.15) is 13.2 Å². The van der Waals surface area contributed by atoms with Crippen LogP contribution in [0.5, 0.6) is 5.75 Å². The Balaban J connectivity index is 1.76. The van der Waals surface area contributed by atoms with E-state index in [1.54, 1.807) is 31.4 Å². The van der Waals surface area contributed by atoms with Crippen molar-refractivity contribution in [2.75, 3.05) is 7.11 Å². The van der Waals surface area contributed by atoms with Gasteiger partial charge in [-0.1, -0.05) is 12.1 Å². The fourth-order valence-corrected chi connectivity index (χ4v) is 3.02. The van der Waals surface area contributed by atoms with Crippen molar-refractivity contribution < 1.29 is 22.7 Å². The van der Waals surface area contributed by atoms with Crippen molar-refractivity contribution in [3.05, 3.63) is 64.6 Å². The third-order valence-electron chi connectivity index (χ3n) is 3.49. The van der Waals surface area contributed by atoms with Crippen LogP contribution >= 0.6 is 11.8 Å². The van der Waals surface area contributed by atoms with E-state index >= 15 is 0 Å². The van der Waals surface area contributed by atoms with E-state index in [-0.39, 0.29) is 5.91 Å². The quantitative estimate of drug-likeness (QED) is 0.794. The number of amidine groups is 1. The summed E-state index contributed by atoms with van der Waals surface area (Å²) in [5.74, 6) is 0.349. The molecule has 1 aliphatic rings. The maximum absolute atomic E-state index is 12.6. The van der Waals surface area contributed by atoms with Crippen LogP contribution in [-0.2, 0) is 11.0 Å². The number of carbonyl (C=O) groups is 1. The molecule has 1 heterocycles. The highest BCUT2D eigenvalue weighted by Crippen LogP contribution is 2.31. The zero-order valence-corrected chi connectivity index (χ0v) is 14.3. The predicted octanol–water partition coefficient (Wildman–Crippen LogP) is 4.61. The van der Waals surface area contributed by atoms with Gasteiger partial charge in [0.05, 0.1) is 23.3 Å². The molecule has 26 heavy (non-hydrogen) atoms. The maximum Gasteiger partial charge on any atom is 0.416 e. The average molecular weight is 378 g/mol. The number of hydrogen-bond acceptors (Lipinski definition) is 4. The highest BCUT2D eigenvalue weighted by molar-refractivity contribution is 8.18. The highest BCUT2D eigenvalue weighted by atomic mass is 32.2. The molecule has 0 atom stereocenters. The zero-order valence-electron chi connectivity index (χ0n) is 13.5. The average Bonchev–Trinajstić information content (AvgIpc) is 2.94. The number of benzene rings is 2. The van der Waals surface area contributed by atoms with Gasteiger partial charge in [0.25, 0.3) is 5.91 Å². The van der Waals surface area contributed by atoms with Gasteiger partial charge in [0, 0.05) is 0 Å². The van der Waals surface area contributed by atoms with Crippen molar-refractivity contribution in [2.24, 2.45) is 4.99 Å². The van der Waals surface area contributed by atoms with Crippen LogP contribution in [0.2, 0.25) is 0 Å². The number of alkyl halides is 3. The second-order valence-corrected chi connectivity index (χ2v) is 6.33. The molecular formula is C18H13F3N2O2S. The summed E-state index contributed by atoms with van der Waals surface area (Å²) in [7, 11) is 1.56. The number of carbonyl (C=O) groups excluding carboxylic acids is 1. The molecule has 0 aromatic heterocycles. The summed E-state index contributed by atoms with van der Waals surface area (Å²) in [4.78, 5) is 16.7. The first kappa shape index (κ1) is 18.1. The summed E-state index contributed by atoms with van der Waals surface area (Å²) in [5.41, 5.74) is 0.413. The fourth-order valence-electron chi connectivity index (χ4n) is 2.17. The van der Waals surface area contributed by atoms with Crippen molar-refractivity contribution >= 4 is 34.6 Å². The summed E-state index contributed by atoms with van der Waals surface area (Å²) in [5, 5.41) is 3.03. The molecule has 134 valence electrons. The number of thioether (sulfide) groups is 1. The van der Waals surface area contributed by atoms with E-state index < -0.39 is 11.7 Å². The SMILES string of the molecule is COc1ccc(N=C2NC(=O)/C(=C\c3ccc(C(F)(F)F)cc3)S2)cc1. The summed E-state index contributed by atoms with van der Waals surface area (Å²) < 4.78 is 42.8. The van der Waals surface area contributed by atoms with E-state index in [9.17, 15) is 18.0 Å². The van der Waals surface area contributed by atoms with Gasteiger partial charge in [-0.05, 0) is 59.8 Å². The van der Waals surface area contributed by atoms with Crippen LogP contribution in [0, 0.1) is 0 Å². The smallest absolute Gasteiger partial charge is 0.416 e. The molecule has 1 saturated heterocycles. The van der Waals surface area contributed by atoms with Crippen molar-refractivity contribution in [1.29, 1.82) is 0 Å². The molecule has 0 radical (unpaired) electrons. The Bertz CT molecular complexity index is 873. The molecule has 0 aliphatic carbocycles. The molecule has 0 saturated carbocycles. The van der Waals surface area contributed by atoms with Gasteiger partial charge in [-0.25, -0.2) is 4.99 Å². The molecule has 3 rings (SSSR count). The number of aliphatic imine (C=N–C) groups is 1. The molecule has 0 spiro atoms. The van der Waals surface area contributed by atoms with E-state index in [4.69, 9.17) is 4.74 Å². The van der Waals surface area contributed by atoms with Gasteiger partial charge >= 0.3 is 6.18 Å². The summed E-state index contributed by atoms with van der Waals surface area (Å²) in [6, 6.07) is 11.6. The number of nitrogens with one attached hydrogen (secondary N) is 1. The molecule has 1 aliphatic heterocycles. The van der Waals surface area contributed by atoms with E-state index in [1.165, 1.54) is 18.2 Å². The van der Waals surface area contributed by atoms with Gasteiger partial charge < -0.3 is 10.1 Å². The molecule has 1 fully saturated rings. The van der Waals surface area contributed by atoms with E-state index in [2.05, 4.69) is 10.3 Å². The number of methoxy groups -OCH3 is 1. The lowest BCUT2D eigenvalue weighted by Gasteiger charge is -2.06. The summed E-state index contributed by atoms with van der Waals surface area (Å²) in [6.45, 7) is 0. The largest absolute Gasteiger partial charge is 0.497 e. The van der Waals surface area contributed by atoms with Gasteiger partial charge in [0.1, 0.15) is 5.75 Å². The van der Waals surface area contributed by atoms with Gasteiger partial charge in [0.15, 0.2) is 5.17 Å². The molecule has 0 bridgehead atoms. The Morgan fingerprint density at radius 1 is 1.08 bits per heavy atom. The molecule has 2 aromatic rings. The highest BCUT2D eigenvalue weighted by Gasteiger charge is 2.30. The zero-order chi connectivity index (χ0) is 18.7. The van der Waals surface area contributed by atoms with Crippen LogP contribution in [0.25, 0.3) is 6.08 Å². The molecule has 0 unspecified atom stereocenters. The Labute approximate surface area is 151 Å². The Hall–Kier alpha value is -2.74. The third kappa shape index (κ3) is 4.26. The number of rotatable bonds is 3. The number of hydrogen-bond donors (Lipinski definition) is 1. The standard InChI is InChI=1S/C18H13F3N2O2S/c1-25-14-8-6-13(7-9-14)22-17-23-16(24)15(26-17)10-11-2-4-12(5-3-11)18(19,20)21/h2-10H,1H3,(H,22,23,24)/b15-10+. The summed E-state index contributed by atoms with van der Waals surface area (Å²) >= 11 is 1.13. The molecule has 4 nitrogen and oxygen atoms in total. The molecule has 1 N–H and O–H groups in total. The lowest BCUT2D eigenvalue weighted by molar-refractivity contribution is -0.137. The van der Waals surface area contributed by atoms with Gasteiger partial charge in [-0.3, -0.25) is 4.79 Å². The Morgan fingerprint density at radius 3 is 2.31 bits per heavy atom. The Kier molecular flexibility index (Phi) is 5.03. The topological polar surface area (TPSA) is 50.7 Å². The van der Waals surface area contributed by atoms with Crippen molar-refractivity contribution in [3.8, 4) is 5.75 Å². The van der Waals surface area contributed by atoms with Crippen LogP contribution < -0.4 is 10.1 Å². The van der Waals surface area contributed by atoms with E-state index in [0.717, 1.165) is 23.9 Å². The molecule has 2 aromatic carbocycles. The minimum Gasteiger partial charge on any atom is -0.497 e. The second-order valence-electron chi connectivity index (χ2n) is 5.30. The first-order valence-corrected chi connectivity index (χ1v) is 8.28. The summed E-state index contributed by atoms with van der Waals surface area (Å²) in [6.07, 6.45) is -2.86. The van der Waals surface area contributed by atoms with Crippen LogP contribution in [-0.4, -0.2) is 18.2 Å². The second kappa shape index (κ2) is 7.25. The third-order valence-corrected chi connectivity index (χ3v) is 4.40. The van der Waals surface area contributed by atoms with Crippen molar-refractivity contribution in [1.82, 2.24) is 5.32 Å². The van der Waals surface area contributed by atoms with Gasteiger partial charge in [0.2, 0.25) is 0 Å². The van der Waals surface area contributed by atoms with Crippen LogP contribution in [0.1, 0.15) is 11.1 Å².